The first kappa shape index (κ1) is 12.5. The number of nitrogens with one attached hydrogen (secondary N) is 1. The molecule has 0 amide bonds. The molecule has 1 aromatic heterocycles. The Bertz CT molecular complexity index is 329. The van der Waals surface area contributed by atoms with Crippen molar-refractivity contribution in [2.24, 2.45) is 7.05 Å². The van der Waals surface area contributed by atoms with Crippen molar-refractivity contribution < 1.29 is 0 Å². The van der Waals surface area contributed by atoms with Crippen LogP contribution in [-0.2, 0) is 13.6 Å². The normalized spacial score (nSPS) is 21.0. The second-order valence-electron chi connectivity index (χ2n) is 4.86. The fourth-order valence-corrected chi connectivity index (χ4v) is 2.39. The van der Waals surface area contributed by atoms with Gasteiger partial charge in [0.2, 0.25) is 0 Å². The topological polar surface area (TPSA) is 46.0 Å². The molecule has 1 aliphatic heterocycles. The van der Waals surface area contributed by atoms with Crippen molar-refractivity contribution in [1.82, 2.24) is 25.2 Å². The third-order valence-electron chi connectivity index (χ3n) is 3.37. The zero-order valence-electron chi connectivity index (χ0n) is 10.9. The number of aryl methyl sites for hydroxylation is 1. The maximum absolute atomic E-state index is 4.15. The summed E-state index contributed by atoms with van der Waals surface area (Å²) >= 11 is 0. The third kappa shape index (κ3) is 3.78. The summed E-state index contributed by atoms with van der Waals surface area (Å²) in [7, 11) is 1.91. The molecule has 17 heavy (non-hydrogen) atoms. The van der Waals surface area contributed by atoms with E-state index in [4.69, 9.17) is 0 Å². The van der Waals surface area contributed by atoms with Crippen LogP contribution in [0, 0.1) is 0 Å². The van der Waals surface area contributed by atoms with E-state index in [1.54, 1.807) is 4.68 Å². The average Bonchev–Trinajstić information content (AvgIpc) is 2.75. The van der Waals surface area contributed by atoms with Gasteiger partial charge in [0.25, 0.3) is 0 Å². The molecular weight excluding hydrogens is 214 g/mol. The molecule has 2 heterocycles. The maximum atomic E-state index is 4.15. The molecule has 0 spiro atoms. The molecular formula is C12H23N5. The van der Waals surface area contributed by atoms with Crippen LogP contribution in [0.3, 0.4) is 0 Å². The lowest BCUT2D eigenvalue weighted by atomic mass is 10.0. The van der Waals surface area contributed by atoms with Gasteiger partial charge < -0.3 is 5.32 Å². The third-order valence-corrected chi connectivity index (χ3v) is 3.37. The molecule has 96 valence electrons. The lowest BCUT2D eigenvalue weighted by Crippen LogP contribution is -2.43. The second kappa shape index (κ2) is 6.12. The summed E-state index contributed by atoms with van der Waals surface area (Å²) in [5, 5.41) is 11.7. The van der Waals surface area contributed by atoms with Crippen molar-refractivity contribution in [1.29, 1.82) is 0 Å². The van der Waals surface area contributed by atoms with Crippen LogP contribution in [-0.4, -0.2) is 45.6 Å². The van der Waals surface area contributed by atoms with Crippen LogP contribution in [0.5, 0.6) is 0 Å². The molecule has 1 saturated heterocycles. The van der Waals surface area contributed by atoms with E-state index in [-0.39, 0.29) is 0 Å². The number of nitrogens with zero attached hydrogens (tertiary/aromatic N) is 4. The van der Waals surface area contributed by atoms with Gasteiger partial charge in [-0.15, -0.1) is 5.10 Å². The molecule has 0 aliphatic carbocycles. The largest absolute Gasteiger partial charge is 0.313 e. The van der Waals surface area contributed by atoms with Crippen LogP contribution in [0.15, 0.2) is 6.20 Å². The first-order valence-corrected chi connectivity index (χ1v) is 6.59. The molecule has 0 bridgehead atoms. The highest BCUT2D eigenvalue weighted by atomic mass is 15.4. The first-order chi connectivity index (χ1) is 8.28. The highest BCUT2D eigenvalue weighted by molar-refractivity contribution is 4.92. The van der Waals surface area contributed by atoms with Crippen LogP contribution < -0.4 is 5.32 Å². The zero-order valence-corrected chi connectivity index (χ0v) is 10.9. The fourth-order valence-electron chi connectivity index (χ4n) is 2.39. The molecule has 1 fully saturated rings. The van der Waals surface area contributed by atoms with E-state index in [1.165, 1.54) is 25.8 Å². The van der Waals surface area contributed by atoms with Gasteiger partial charge in [0.05, 0.1) is 5.69 Å². The fraction of sp³-hybridized carbons (Fsp3) is 0.833. The average molecular weight is 237 g/mol. The van der Waals surface area contributed by atoms with E-state index in [9.17, 15) is 0 Å². The molecule has 2 rings (SSSR count). The SMILES string of the molecule is CCN(Cc1cn(C)nn1)CC1CCCCN1. The molecule has 0 radical (unpaired) electrons. The van der Waals surface area contributed by atoms with E-state index < -0.39 is 0 Å². The minimum Gasteiger partial charge on any atom is -0.313 e. The molecule has 0 aromatic carbocycles. The minimum atomic E-state index is 0.653. The maximum Gasteiger partial charge on any atom is 0.0967 e. The monoisotopic (exact) mass is 237 g/mol. The second-order valence-corrected chi connectivity index (χ2v) is 4.86. The van der Waals surface area contributed by atoms with E-state index >= 15 is 0 Å². The van der Waals surface area contributed by atoms with Crippen LogP contribution in [0.1, 0.15) is 31.9 Å². The number of likely N-dealkylation sites (N-methyl/N-ethyl adjacent to an activating group) is 1. The van der Waals surface area contributed by atoms with Gasteiger partial charge in [-0.1, -0.05) is 18.6 Å². The predicted molar refractivity (Wildman–Crippen MR) is 67.6 cm³/mol. The van der Waals surface area contributed by atoms with Gasteiger partial charge in [0.1, 0.15) is 0 Å². The smallest absolute Gasteiger partial charge is 0.0967 e. The van der Waals surface area contributed by atoms with Crippen LogP contribution in [0.2, 0.25) is 0 Å². The summed E-state index contributed by atoms with van der Waals surface area (Å²) in [5.41, 5.74) is 1.06. The Labute approximate surface area is 103 Å². The summed E-state index contributed by atoms with van der Waals surface area (Å²) < 4.78 is 1.77. The Kier molecular flexibility index (Phi) is 4.50. The minimum absolute atomic E-state index is 0.653. The standard InChI is InChI=1S/C12H23N5/c1-3-17(9-11-6-4-5-7-13-11)10-12-8-16(2)15-14-12/h8,11,13H,3-7,9-10H2,1-2H3. The van der Waals surface area contributed by atoms with Crippen LogP contribution in [0.4, 0.5) is 0 Å². The molecule has 0 saturated carbocycles. The lowest BCUT2D eigenvalue weighted by molar-refractivity contribution is 0.224. The van der Waals surface area contributed by atoms with Crippen molar-refractivity contribution in [2.45, 2.75) is 38.8 Å². The molecule has 5 nitrogen and oxygen atoms in total. The Hall–Kier alpha value is -0.940. The van der Waals surface area contributed by atoms with Gasteiger partial charge in [-0.25, -0.2) is 0 Å². The molecule has 1 N–H and O–H groups in total. The van der Waals surface area contributed by atoms with Crippen molar-refractivity contribution in [3.8, 4) is 0 Å². The highest BCUT2D eigenvalue weighted by Gasteiger charge is 2.16. The zero-order chi connectivity index (χ0) is 12.1. The Morgan fingerprint density at radius 1 is 1.53 bits per heavy atom. The molecule has 1 atom stereocenters. The number of hydrogen-bond donors (Lipinski definition) is 1. The van der Waals surface area contributed by atoms with Gasteiger partial charge in [0, 0.05) is 32.4 Å². The number of aromatic nitrogens is 3. The quantitative estimate of drug-likeness (QED) is 0.822. The van der Waals surface area contributed by atoms with Crippen molar-refractivity contribution >= 4 is 0 Å². The highest BCUT2D eigenvalue weighted by Crippen LogP contribution is 2.10. The van der Waals surface area contributed by atoms with E-state index in [1.807, 2.05) is 13.2 Å². The predicted octanol–water partition coefficient (Wildman–Crippen LogP) is 0.779. The Balaban J connectivity index is 1.83. The summed E-state index contributed by atoms with van der Waals surface area (Å²) in [6.45, 7) is 6.47. The summed E-state index contributed by atoms with van der Waals surface area (Å²) in [6.07, 6.45) is 5.99. The summed E-state index contributed by atoms with van der Waals surface area (Å²) in [4.78, 5) is 2.44. The van der Waals surface area contributed by atoms with E-state index in [0.717, 1.165) is 25.3 Å². The Morgan fingerprint density at radius 2 is 2.41 bits per heavy atom. The molecule has 1 aromatic rings. The van der Waals surface area contributed by atoms with Crippen LogP contribution in [0.25, 0.3) is 0 Å². The lowest BCUT2D eigenvalue weighted by Gasteiger charge is -2.29. The summed E-state index contributed by atoms with van der Waals surface area (Å²) in [5.74, 6) is 0. The number of hydrogen-bond acceptors (Lipinski definition) is 4. The Morgan fingerprint density at radius 3 is 3.00 bits per heavy atom. The number of rotatable bonds is 5. The van der Waals surface area contributed by atoms with Gasteiger partial charge in [0.15, 0.2) is 0 Å². The molecule has 5 heteroatoms. The summed E-state index contributed by atoms with van der Waals surface area (Å²) in [6, 6.07) is 0.653. The van der Waals surface area contributed by atoms with Gasteiger partial charge in [-0.05, 0) is 25.9 Å². The van der Waals surface area contributed by atoms with Crippen LogP contribution >= 0.6 is 0 Å². The number of piperidine rings is 1. The van der Waals surface area contributed by atoms with Gasteiger partial charge in [-0.2, -0.15) is 0 Å². The molecule has 1 aliphatic rings. The van der Waals surface area contributed by atoms with E-state index in [2.05, 4.69) is 27.5 Å². The first-order valence-electron chi connectivity index (χ1n) is 6.59. The van der Waals surface area contributed by atoms with Gasteiger partial charge >= 0.3 is 0 Å². The van der Waals surface area contributed by atoms with Crippen molar-refractivity contribution in [2.75, 3.05) is 19.6 Å². The van der Waals surface area contributed by atoms with Crippen molar-refractivity contribution in [3.63, 3.8) is 0 Å². The van der Waals surface area contributed by atoms with E-state index in [0.29, 0.717) is 6.04 Å². The van der Waals surface area contributed by atoms with Gasteiger partial charge in [-0.3, -0.25) is 9.58 Å². The molecule has 1 unspecified atom stereocenters. The van der Waals surface area contributed by atoms with Crippen molar-refractivity contribution in [3.05, 3.63) is 11.9 Å².